The maximum atomic E-state index is 13.8. The number of aliphatic hydroxyl groups excluding tert-OH is 1. The van der Waals surface area contributed by atoms with Crippen LogP contribution in [0.2, 0.25) is 0 Å². The van der Waals surface area contributed by atoms with Gasteiger partial charge in [-0.05, 0) is 49.9 Å². The summed E-state index contributed by atoms with van der Waals surface area (Å²) in [5.41, 5.74) is 1.43. The fourth-order valence-corrected chi connectivity index (χ4v) is 2.75. The molecule has 2 aromatic rings. The zero-order valence-corrected chi connectivity index (χ0v) is 13.5. The van der Waals surface area contributed by atoms with Gasteiger partial charge in [-0.2, -0.15) is 0 Å². The predicted molar refractivity (Wildman–Crippen MR) is 88.3 cm³/mol. The monoisotopic (exact) mass is 319 g/mol. The summed E-state index contributed by atoms with van der Waals surface area (Å²) in [5, 5.41) is 13.0. The van der Waals surface area contributed by atoms with Gasteiger partial charge < -0.3 is 10.4 Å². The molecular weight excluding hydrogens is 296 g/mol. The van der Waals surface area contributed by atoms with E-state index >= 15 is 0 Å². The number of aliphatic hydroxyl groups is 1. The molecule has 124 valence electrons. The lowest BCUT2D eigenvalue weighted by molar-refractivity contribution is 0.173. The molecule has 0 heterocycles. The second-order valence-electron chi connectivity index (χ2n) is 5.99. The number of nitrogens with one attached hydrogen (secondary N) is 1. The van der Waals surface area contributed by atoms with Crippen LogP contribution in [0, 0.1) is 11.6 Å². The van der Waals surface area contributed by atoms with Crippen LogP contribution in [-0.4, -0.2) is 17.8 Å². The molecule has 0 fully saturated rings. The molecule has 23 heavy (non-hydrogen) atoms. The van der Waals surface area contributed by atoms with E-state index < -0.39 is 17.7 Å². The molecule has 0 aliphatic rings. The van der Waals surface area contributed by atoms with Crippen molar-refractivity contribution in [1.29, 1.82) is 0 Å². The van der Waals surface area contributed by atoms with E-state index in [2.05, 4.69) is 5.32 Å². The van der Waals surface area contributed by atoms with Gasteiger partial charge in [-0.1, -0.05) is 30.3 Å². The zero-order valence-electron chi connectivity index (χ0n) is 13.5. The lowest BCUT2D eigenvalue weighted by Gasteiger charge is -2.23. The molecule has 0 aliphatic carbocycles. The largest absolute Gasteiger partial charge is 0.393 e. The van der Waals surface area contributed by atoms with Crippen molar-refractivity contribution in [2.24, 2.45) is 0 Å². The van der Waals surface area contributed by atoms with Gasteiger partial charge >= 0.3 is 0 Å². The van der Waals surface area contributed by atoms with Crippen molar-refractivity contribution < 1.29 is 13.9 Å². The molecule has 0 spiro atoms. The van der Waals surface area contributed by atoms with Gasteiger partial charge in [0.05, 0.1) is 6.10 Å². The van der Waals surface area contributed by atoms with Crippen LogP contribution in [0.5, 0.6) is 0 Å². The number of benzene rings is 2. The summed E-state index contributed by atoms with van der Waals surface area (Å²) in [5.74, 6) is -0.757. The average Bonchev–Trinajstić information content (AvgIpc) is 2.54. The Morgan fingerprint density at radius 2 is 1.74 bits per heavy atom. The molecule has 0 aromatic heterocycles. The van der Waals surface area contributed by atoms with Gasteiger partial charge in [0.15, 0.2) is 0 Å². The van der Waals surface area contributed by atoms with Crippen LogP contribution in [0.3, 0.4) is 0 Å². The van der Waals surface area contributed by atoms with Crippen molar-refractivity contribution in [2.45, 2.75) is 38.3 Å². The zero-order chi connectivity index (χ0) is 16.8. The number of hydrogen-bond acceptors (Lipinski definition) is 2. The van der Waals surface area contributed by atoms with Crippen LogP contribution in [0.4, 0.5) is 8.78 Å². The Kier molecular flexibility index (Phi) is 6.25. The van der Waals surface area contributed by atoms with Gasteiger partial charge in [-0.25, -0.2) is 8.78 Å². The highest BCUT2D eigenvalue weighted by atomic mass is 19.1. The van der Waals surface area contributed by atoms with Gasteiger partial charge in [0.25, 0.3) is 0 Å². The van der Waals surface area contributed by atoms with Crippen molar-refractivity contribution in [1.82, 2.24) is 5.32 Å². The fourth-order valence-electron chi connectivity index (χ4n) is 2.75. The number of halogens is 2. The minimum absolute atomic E-state index is 0.107. The van der Waals surface area contributed by atoms with E-state index in [1.807, 2.05) is 37.3 Å². The molecule has 2 N–H and O–H groups in total. The highest BCUT2D eigenvalue weighted by molar-refractivity contribution is 5.23. The predicted octanol–water partition coefficient (Wildman–Crippen LogP) is 4.17. The molecule has 3 unspecified atom stereocenters. The summed E-state index contributed by atoms with van der Waals surface area (Å²) in [4.78, 5) is 0. The van der Waals surface area contributed by atoms with Crippen LogP contribution in [0.15, 0.2) is 48.5 Å². The summed E-state index contributed by atoms with van der Waals surface area (Å²) >= 11 is 0. The minimum Gasteiger partial charge on any atom is -0.393 e. The quantitative estimate of drug-likeness (QED) is 0.803. The molecule has 0 radical (unpaired) electrons. The van der Waals surface area contributed by atoms with Crippen molar-refractivity contribution >= 4 is 0 Å². The van der Waals surface area contributed by atoms with Crippen molar-refractivity contribution in [3.63, 3.8) is 0 Å². The number of hydrogen-bond donors (Lipinski definition) is 2. The van der Waals surface area contributed by atoms with Crippen molar-refractivity contribution in [3.05, 3.63) is 71.3 Å². The smallest absolute Gasteiger partial charge is 0.128 e. The summed E-state index contributed by atoms with van der Waals surface area (Å²) in [6.07, 6.45) is 0.179. The van der Waals surface area contributed by atoms with E-state index in [0.29, 0.717) is 18.5 Å². The number of rotatable bonds is 7. The maximum Gasteiger partial charge on any atom is 0.128 e. The summed E-state index contributed by atoms with van der Waals surface area (Å²) in [6, 6.07) is 13.1. The molecule has 0 aliphatic heterocycles. The minimum atomic E-state index is -0.446. The van der Waals surface area contributed by atoms with Crippen molar-refractivity contribution in [2.75, 3.05) is 6.54 Å². The van der Waals surface area contributed by atoms with Gasteiger partial charge in [0, 0.05) is 18.2 Å². The van der Waals surface area contributed by atoms with Crippen LogP contribution >= 0.6 is 0 Å². The Balaban J connectivity index is 2.07. The topological polar surface area (TPSA) is 32.3 Å². The molecule has 0 bridgehead atoms. The molecular formula is C19H23F2NO. The third-order valence-corrected chi connectivity index (χ3v) is 3.99. The first-order chi connectivity index (χ1) is 11.0. The Morgan fingerprint density at radius 3 is 2.39 bits per heavy atom. The standard InChI is InChI=1S/C19H23F2NO/c1-13(23)10-16(15-6-4-3-5-7-15)12-22-14(2)18-11-17(20)8-9-19(18)21/h3-9,11,13-14,16,22-23H,10,12H2,1-2H3. The Bertz CT molecular complexity index is 616. The molecule has 4 heteroatoms. The normalized spacial score (nSPS) is 15.2. The van der Waals surface area contributed by atoms with Gasteiger partial charge in [-0.3, -0.25) is 0 Å². The molecule has 0 saturated carbocycles. The van der Waals surface area contributed by atoms with E-state index in [1.54, 1.807) is 6.92 Å². The van der Waals surface area contributed by atoms with Crippen LogP contribution in [0.1, 0.15) is 43.4 Å². The lowest BCUT2D eigenvalue weighted by atomic mass is 9.93. The van der Waals surface area contributed by atoms with E-state index in [0.717, 1.165) is 17.7 Å². The summed E-state index contributed by atoms with van der Waals surface area (Å²) < 4.78 is 27.1. The van der Waals surface area contributed by atoms with Gasteiger partial charge in [0.2, 0.25) is 0 Å². The highest BCUT2D eigenvalue weighted by Crippen LogP contribution is 2.23. The molecule has 0 amide bonds. The first-order valence-electron chi connectivity index (χ1n) is 7.88. The average molecular weight is 319 g/mol. The first kappa shape index (κ1) is 17.6. The van der Waals surface area contributed by atoms with E-state index in [4.69, 9.17) is 0 Å². The second-order valence-corrected chi connectivity index (χ2v) is 5.99. The summed E-state index contributed by atoms with van der Waals surface area (Å²) in [7, 11) is 0. The first-order valence-corrected chi connectivity index (χ1v) is 7.88. The van der Waals surface area contributed by atoms with E-state index in [1.165, 1.54) is 6.07 Å². The van der Waals surface area contributed by atoms with Gasteiger partial charge in [-0.15, -0.1) is 0 Å². The van der Waals surface area contributed by atoms with Crippen LogP contribution < -0.4 is 5.32 Å². The van der Waals surface area contributed by atoms with Crippen LogP contribution in [0.25, 0.3) is 0 Å². The Hall–Kier alpha value is -1.78. The third-order valence-electron chi connectivity index (χ3n) is 3.99. The van der Waals surface area contributed by atoms with E-state index in [-0.39, 0.29) is 12.0 Å². The second kappa shape index (κ2) is 8.18. The molecule has 3 atom stereocenters. The maximum absolute atomic E-state index is 13.8. The molecule has 0 saturated heterocycles. The Labute approximate surface area is 136 Å². The third kappa shape index (κ3) is 5.12. The summed E-state index contributed by atoms with van der Waals surface area (Å²) in [6.45, 7) is 4.14. The molecule has 2 aromatic carbocycles. The molecule has 2 rings (SSSR count). The van der Waals surface area contributed by atoms with Crippen LogP contribution in [-0.2, 0) is 0 Å². The SMILES string of the molecule is CC(O)CC(CNC(C)c1cc(F)ccc1F)c1ccccc1. The molecule has 2 nitrogen and oxygen atoms in total. The van der Waals surface area contributed by atoms with Gasteiger partial charge in [0.1, 0.15) is 11.6 Å². The Morgan fingerprint density at radius 1 is 1.04 bits per heavy atom. The fraction of sp³-hybridized carbons (Fsp3) is 0.368. The van der Waals surface area contributed by atoms with E-state index in [9.17, 15) is 13.9 Å². The highest BCUT2D eigenvalue weighted by Gasteiger charge is 2.17. The lowest BCUT2D eigenvalue weighted by Crippen LogP contribution is -2.27. The van der Waals surface area contributed by atoms with Crippen molar-refractivity contribution in [3.8, 4) is 0 Å².